The molecule has 1 N–H and O–H groups in total. The Kier molecular flexibility index (Phi) is 5.78. The molecule has 0 saturated carbocycles. The Bertz CT molecular complexity index is 800. The van der Waals surface area contributed by atoms with Crippen LogP contribution in [-0.4, -0.2) is 65.2 Å². The first-order valence-electron chi connectivity index (χ1n) is 9.40. The van der Waals surface area contributed by atoms with E-state index in [0.29, 0.717) is 18.7 Å². The first-order valence-corrected chi connectivity index (χ1v) is 9.40. The third-order valence-corrected chi connectivity index (χ3v) is 4.81. The summed E-state index contributed by atoms with van der Waals surface area (Å²) in [5.74, 6) is -0.0732. The van der Waals surface area contributed by atoms with Gasteiger partial charge in [-0.05, 0) is 31.9 Å². The van der Waals surface area contributed by atoms with E-state index in [4.69, 9.17) is 5.10 Å². The van der Waals surface area contributed by atoms with Crippen molar-refractivity contribution in [1.29, 1.82) is 0 Å². The first kappa shape index (κ1) is 18.9. The molecule has 27 heavy (non-hydrogen) atoms. The minimum absolute atomic E-state index is 0.00162. The van der Waals surface area contributed by atoms with E-state index >= 15 is 0 Å². The van der Waals surface area contributed by atoms with Crippen molar-refractivity contribution in [1.82, 2.24) is 24.9 Å². The summed E-state index contributed by atoms with van der Waals surface area (Å²) in [6.07, 6.45) is 3.61. The maximum Gasteiger partial charge on any atom is 0.319 e. The van der Waals surface area contributed by atoms with Gasteiger partial charge in [0.25, 0.3) is 5.91 Å². The molecule has 1 aromatic heterocycles. The number of carbonyl (C=O) groups is 2. The van der Waals surface area contributed by atoms with Crippen LogP contribution in [0.5, 0.6) is 0 Å². The highest BCUT2D eigenvalue weighted by Crippen LogP contribution is 2.29. The van der Waals surface area contributed by atoms with Crippen LogP contribution >= 0.6 is 0 Å². The molecule has 2 aromatic rings. The molecule has 0 spiro atoms. The highest BCUT2D eigenvalue weighted by Gasteiger charge is 2.30. The number of amides is 3. The average Bonchev–Trinajstić information content (AvgIpc) is 3.14. The van der Waals surface area contributed by atoms with Crippen LogP contribution in [0.1, 0.15) is 41.7 Å². The van der Waals surface area contributed by atoms with Gasteiger partial charge in [-0.15, -0.1) is 0 Å². The molecule has 144 valence electrons. The van der Waals surface area contributed by atoms with E-state index < -0.39 is 0 Å². The van der Waals surface area contributed by atoms with E-state index in [1.54, 1.807) is 29.9 Å². The van der Waals surface area contributed by atoms with Crippen LogP contribution in [0, 0.1) is 0 Å². The van der Waals surface area contributed by atoms with Gasteiger partial charge in [-0.2, -0.15) is 5.10 Å². The molecule has 7 heteroatoms. The lowest BCUT2D eigenvalue weighted by Crippen LogP contribution is -2.44. The summed E-state index contributed by atoms with van der Waals surface area (Å²) in [6, 6.07) is 9.76. The van der Waals surface area contributed by atoms with Crippen LogP contribution in [-0.2, 0) is 0 Å². The van der Waals surface area contributed by atoms with E-state index in [2.05, 4.69) is 5.32 Å². The van der Waals surface area contributed by atoms with Gasteiger partial charge in [0.15, 0.2) is 0 Å². The summed E-state index contributed by atoms with van der Waals surface area (Å²) < 4.78 is 1.76. The normalized spacial score (nSPS) is 16.9. The van der Waals surface area contributed by atoms with Crippen LogP contribution in [0.25, 0.3) is 5.69 Å². The Labute approximate surface area is 159 Å². The van der Waals surface area contributed by atoms with Gasteiger partial charge >= 0.3 is 6.03 Å². The summed E-state index contributed by atoms with van der Waals surface area (Å²) in [5.41, 5.74) is 2.26. The summed E-state index contributed by atoms with van der Waals surface area (Å²) in [7, 11) is 3.52. The van der Waals surface area contributed by atoms with Crippen LogP contribution in [0.2, 0.25) is 0 Å². The zero-order valence-electron chi connectivity index (χ0n) is 16.2. The maximum absolute atomic E-state index is 12.6. The largest absolute Gasteiger partial charge is 0.352 e. The smallest absolute Gasteiger partial charge is 0.319 e. The number of rotatable bonds is 4. The molecule has 0 aliphatic carbocycles. The Hall–Kier alpha value is -2.83. The van der Waals surface area contributed by atoms with E-state index in [9.17, 15) is 9.59 Å². The second kappa shape index (κ2) is 8.24. The second-order valence-electron chi connectivity index (χ2n) is 7.03. The van der Waals surface area contributed by atoms with Crippen molar-refractivity contribution in [2.75, 3.05) is 33.7 Å². The van der Waals surface area contributed by atoms with Crippen molar-refractivity contribution in [3.8, 4) is 5.69 Å². The molecule has 0 unspecified atom stereocenters. The van der Waals surface area contributed by atoms with Gasteiger partial charge in [-0.3, -0.25) is 4.79 Å². The van der Waals surface area contributed by atoms with Gasteiger partial charge < -0.3 is 15.1 Å². The van der Waals surface area contributed by atoms with Crippen LogP contribution in [0.3, 0.4) is 0 Å². The van der Waals surface area contributed by atoms with Gasteiger partial charge in [0.2, 0.25) is 0 Å². The lowest BCUT2D eigenvalue weighted by atomic mass is 9.92. The Morgan fingerprint density at radius 1 is 1.26 bits per heavy atom. The topological polar surface area (TPSA) is 70.5 Å². The summed E-state index contributed by atoms with van der Waals surface area (Å²) in [4.78, 5) is 28.4. The molecule has 3 rings (SSSR count). The number of para-hydroxylation sites is 1. The number of hydrogen-bond donors (Lipinski definition) is 1. The van der Waals surface area contributed by atoms with Gasteiger partial charge in [-0.1, -0.05) is 18.2 Å². The standard InChI is InChI=1S/C20H27N5O2/c1-4-21-19(26)17-14-25(16-10-6-5-7-11-16)22-18(17)15-9-8-12-24(13-15)20(27)23(2)3/h5-7,10-11,14-15H,4,8-9,12-13H2,1-3H3,(H,21,26)/t15-/m1/s1. The van der Waals surface area contributed by atoms with Crippen LogP contribution in [0.4, 0.5) is 4.79 Å². The predicted octanol–water partition coefficient (Wildman–Crippen LogP) is 2.48. The number of piperidine rings is 1. The number of aromatic nitrogens is 2. The third-order valence-electron chi connectivity index (χ3n) is 4.81. The van der Waals surface area contributed by atoms with E-state index in [-0.39, 0.29) is 17.9 Å². The molecular weight excluding hydrogens is 342 g/mol. The molecule has 1 fully saturated rings. The van der Waals surface area contributed by atoms with Crippen molar-refractivity contribution in [3.63, 3.8) is 0 Å². The number of benzene rings is 1. The van der Waals surface area contributed by atoms with Gasteiger partial charge in [-0.25, -0.2) is 9.48 Å². The highest BCUT2D eigenvalue weighted by molar-refractivity contribution is 5.95. The van der Waals surface area contributed by atoms with E-state index in [1.165, 1.54) is 0 Å². The quantitative estimate of drug-likeness (QED) is 0.900. The zero-order valence-corrected chi connectivity index (χ0v) is 16.2. The van der Waals surface area contributed by atoms with Crippen molar-refractivity contribution >= 4 is 11.9 Å². The lowest BCUT2D eigenvalue weighted by Gasteiger charge is -2.34. The van der Waals surface area contributed by atoms with Crippen molar-refractivity contribution in [2.24, 2.45) is 0 Å². The van der Waals surface area contributed by atoms with Gasteiger partial charge in [0.1, 0.15) is 0 Å². The molecular formula is C20H27N5O2. The lowest BCUT2D eigenvalue weighted by molar-refractivity contribution is 0.0953. The van der Waals surface area contributed by atoms with E-state index in [0.717, 1.165) is 30.8 Å². The Balaban J connectivity index is 1.94. The first-order chi connectivity index (χ1) is 13.0. The van der Waals surface area contributed by atoms with Crippen molar-refractivity contribution < 1.29 is 9.59 Å². The maximum atomic E-state index is 12.6. The fraction of sp³-hybridized carbons (Fsp3) is 0.450. The molecule has 1 aliphatic heterocycles. The molecule has 3 amide bonds. The number of urea groups is 1. The number of nitrogens with one attached hydrogen (secondary N) is 1. The molecule has 1 aromatic carbocycles. The number of hydrogen-bond acceptors (Lipinski definition) is 3. The van der Waals surface area contributed by atoms with Crippen LogP contribution in [0.15, 0.2) is 36.5 Å². The predicted molar refractivity (Wildman–Crippen MR) is 104 cm³/mol. The Morgan fingerprint density at radius 3 is 2.67 bits per heavy atom. The van der Waals surface area contributed by atoms with Gasteiger partial charge in [0.05, 0.1) is 16.9 Å². The minimum atomic E-state index is -0.120. The molecule has 1 aliphatic rings. The summed E-state index contributed by atoms with van der Waals surface area (Å²) in [6.45, 7) is 3.78. The monoisotopic (exact) mass is 369 g/mol. The number of carbonyl (C=O) groups excluding carboxylic acids is 2. The van der Waals surface area contributed by atoms with Crippen molar-refractivity contribution in [2.45, 2.75) is 25.7 Å². The SMILES string of the molecule is CCNC(=O)c1cn(-c2ccccc2)nc1[C@@H]1CCCN(C(=O)N(C)C)C1. The molecule has 1 saturated heterocycles. The second-order valence-corrected chi connectivity index (χ2v) is 7.03. The molecule has 0 radical (unpaired) electrons. The number of nitrogens with zero attached hydrogens (tertiary/aromatic N) is 4. The van der Waals surface area contributed by atoms with Crippen LogP contribution < -0.4 is 5.32 Å². The molecule has 2 heterocycles. The molecule has 7 nitrogen and oxygen atoms in total. The third kappa shape index (κ3) is 4.13. The molecule has 0 bridgehead atoms. The average molecular weight is 369 g/mol. The fourth-order valence-electron chi connectivity index (χ4n) is 3.49. The summed E-state index contributed by atoms with van der Waals surface area (Å²) in [5, 5.41) is 7.63. The minimum Gasteiger partial charge on any atom is -0.352 e. The van der Waals surface area contributed by atoms with Gasteiger partial charge in [0, 0.05) is 45.8 Å². The molecule has 1 atom stereocenters. The zero-order chi connectivity index (χ0) is 19.4. The Morgan fingerprint density at radius 2 is 2.00 bits per heavy atom. The fourth-order valence-corrected chi connectivity index (χ4v) is 3.49. The summed E-state index contributed by atoms with van der Waals surface area (Å²) >= 11 is 0. The highest BCUT2D eigenvalue weighted by atomic mass is 16.2. The number of likely N-dealkylation sites (tertiary alicyclic amines) is 1. The van der Waals surface area contributed by atoms with Crippen molar-refractivity contribution in [3.05, 3.63) is 47.8 Å². The van der Waals surface area contributed by atoms with E-state index in [1.807, 2.05) is 42.2 Å².